The number of methoxy groups -OCH3 is 1. The molecule has 0 atom stereocenters. The van der Waals surface area contributed by atoms with Gasteiger partial charge in [-0.15, -0.1) is 0 Å². The number of benzene rings is 1. The number of alkyl halides is 3. The third-order valence-corrected chi connectivity index (χ3v) is 2.76. The van der Waals surface area contributed by atoms with Crippen molar-refractivity contribution in [2.75, 3.05) is 7.11 Å². The van der Waals surface area contributed by atoms with Gasteiger partial charge in [-0.2, -0.15) is 13.2 Å². The second kappa shape index (κ2) is 7.57. The second-order valence-corrected chi connectivity index (χ2v) is 4.38. The molecule has 0 amide bonds. The van der Waals surface area contributed by atoms with E-state index in [1.165, 1.54) is 13.2 Å². The van der Waals surface area contributed by atoms with Crippen molar-refractivity contribution in [3.63, 3.8) is 0 Å². The maximum atomic E-state index is 12.6. The zero-order valence-corrected chi connectivity index (χ0v) is 12.0. The highest BCUT2D eigenvalue weighted by molar-refractivity contribution is 5.26. The van der Waals surface area contributed by atoms with Crippen LogP contribution in [0.2, 0.25) is 0 Å². The van der Waals surface area contributed by atoms with Crippen molar-refractivity contribution < 1.29 is 17.9 Å². The van der Waals surface area contributed by atoms with Crippen molar-refractivity contribution in [1.29, 1.82) is 0 Å². The van der Waals surface area contributed by atoms with Crippen molar-refractivity contribution in [2.45, 2.75) is 19.6 Å². The van der Waals surface area contributed by atoms with E-state index in [1.54, 1.807) is 24.3 Å². The maximum absolute atomic E-state index is 12.6. The highest BCUT2D eigenvalue weighted by Gasteiger charge is 2.30. The van der Waals surface area contributed by atoms with E-state index in [2.05, 4.69) is 11.9 Å². The Morgan fingerprint density at radius 1 is 1.33 bits per heavy atom. The van der Waals surface area contributed by atoms with Crippen LogP contribution in [0.1, 0.15) is 18.1 Å². The van der Waals surface area contributed by atoms with Crippen molar-refractivity contribution >= 4 is 0 Å². The van der Waals surface area contributed by atoms with Gasteiger partial charge in [0.1, 0.15) is 5.76 Å². The third kappa shape index (κ3) is 5.77. The van der Waals surface area contributed by atoms with Crippen LogP contribution in [0.5, 0.6) is 0 Å². The maximum Gasteiger partial charge on any atom is 0.416 e. The molecule has 0 saturated heterocycles. The van der Waals surface area contributed by atoms with Crippen molar-refractivity contribution in [2.24, 2.45) is 0 Å². The highest BCUT2D eigenvalue weighted by Crippen LogP contribution is 2.29. The summed E-state index contributed by atoms with van der Waals surface area (Å²) in [6.45, 7) is 5.72. The standard InChI is InChI=1S/C16H18F3NO/c1-4-15(21-3)9-8-12(2)20-11-13-6-5-7-14(10-13)16(17,18)19/h4-10,20H,1,11H2,2-3H3/b12-8+,15-9+. The summed E-state index contributed by atoms with van der Waals surface area (Å²) in [5, 5.41) is 3.04. The molecular weight excluding hydrogens is 279 g/mol. The lowest BCUT2D eigenvalue weighted by molar-refractivity contribution is -0.137. The molecule has 5 heteroatoms. The van der Waals surface area contributed by atoms with Crippen molar-refractivity contribution in [1.82, 2.24) is 5.32 Å². The molecule has 1 N–H and O–H groups in total. The number of hydrogen-bond donors (Lipinski definition) is 1. The summed E-state index contributed by atoms with van der Waals surface area (Å²) in [7, 11) is 1.53. The van der Waals surface area contributed by atoms with Crippen LogP contribution in [0.4, 0.5) is 13.2 Å². The van der Waals surface area contributed by atoms with Gasteiger partial charge < -0.3 is 10.1 Å². The van der Waals surface area contributed by atoms with Crippen molar-refractivity contribution in [3.05, 3.63) is 71.7 Å². The van der Waals surface area contributed by atoms with Gasteiger partial charge in [-0.1, -0.05) is 18.7 Å². The normalized spacial score (nSPS) is 13.0. The van der Waals surface area contributed by atoms with Gasteiger partial charge in [0.15, 0.2) is 0 Å². The van der Waals surface area contributed by atoms with Crippen LogP contribution in [0.3, 0.4) is 0 Å². The average molecular weight is 297 g/mol. The molecule has 0 aliphatic rings. The smallest absolute Gasteiger partial charge is 0.416 e. The molecule has 0 aliphatic heterocycles. The Hall–Kier alpha value is -2.17. The Kier molecular flexibility index (Phi) is 6.09. The molecule has 0 aromatic heterocycles. The fourth-order valence-electron chi connectivity index (χ4n) is 1.58. The molecular formula is C16H18F3NO. The van der Waals surface area contributed by atoms with Crippen LogP contribution in [-0.4, -0.2) is 7.11 Å². The minimum Gasteiger partial charge on any atom is -0.497 e. The summed E-state index contributed by atoms with van der Waals surface area (Å²) in [4.78, 5) is 0. The molecule has 0 aliphatic carbocycles. The number of rotatable bonds is 6. The number of nitrogens with one attached hydrogen (secondary N) is 1. The van der Waals surface area contributed by atoms with Crippen LogP contribution in [0, 0.1) is 0 Å². The Morgan fingerprint density at radius 2 is 2.05 bits per heavy atom. The lowest BCUT2D eigenvalue weighted by Gasteiger charge is -2.10. The topological polar surface area (TPSA) is 21.3 Å². The predicted octanol–water partition coefficient (Wildman–Crippen LogP) is 4.42. The van der Waals surface area contributed by atoms with Gasteiger partial charge in [0.2, 0.25) is 0 Å². The molecule has 0 heterocycles. The second-order valence-electron chi connectivity index (χ2n) is 4.38. The number of hydrogen-bond acceptors (Lipinski definition) is 2. The van der Waals surface area contributed by atoms with Gasteiger partial charge in [-0.3, -0.25) is 0 Å². The van der Waals surface area contributed by atoms with E-state index in [0.29, 0.717) is 17.9 Å². The first kappa shape index (κ1) is 16.9. The molecule has 1 aromatic carbocycles. The Bertz CT molecular complexity index is 545. The van der Waals surface area contributed by atoms with Gasteiger partial charge in [0.25, 0.3) is 0 Å². The molecule has 0 unspecified atom stereocenters. The number of ether oxygens (including phenoxy) is 1. The summed E-state index contributed by atoms with van der Waals surface area (Å²) < 4.78 is 42.8. The fraction of sp³-hybridized carbons (Fsp3) is 0.250. The number of allylic oxidation sites excluding steroid dienone is 4. The lowest BCUT2D eigenvalue weighted by atomic mass is 10.1. The van der Waals surface area contributed by atoms with Crippen LogP contribution in [0.15, 0.2) is 60.5 Å². The summed E-state index contributed by atoms with van der Waals surface area (Å²) in [6.07, 6.45) is 0.743. The lowest BCUT2D eigenvalue weighted by Crippen LogP contribution is -2.12. The first-order valence-electron chi connectivity index (χ1n) is 6.32. The summed E-state index contributed by atoms with van der Waals surface area (Å²) in [5.74, 6) is 0.607. The molecule has 21 heavy (non-hydrogen) atoms. The van der Waals surface area contributed by atoms with Gasteiger partial charge in [0.05, 0.1) is 12.7 Å². The fourth-order valence-corrected chi connectivity index (χ4v) is 1.58. The van der Waals surface area contributed by atoms with Gasteiger partial charge in [-0.25, -0.2) is 0 Å². The zero-order valence-electron chi connectivity index (χ0n) is 12.0. The van der Waals surface area contributed by atoms with Crippen LogP contribution < -0.4 is 5.32 Å². The molecule has 114 valence electrons. The monoisotopic (exact) mass is 297 g/mol. The van der Waals surface area contributed by atoms with Gasteiger partial charge >= 0.3 is 6.18 Å². The molecule has 0 bridgehead atoms. The number of halogens is 3. The Balaban J connectivity index is 2.69. The zero-order chi connectivity index (χ0) is 15.9. The van der Waals surface area contributed by atoms with E-state index in [1.807, 2.05) is 6.92 Å². The van der Waals surface area contributed by atoms with Crippen molar-refractivity contribution in [3.8, 4) is 0 Å². The minimum absolute atomic E-state index is 0.316. The first-order valence-corrected chi connectivity index (χ1v) is 6.32. The first-order chi connectivity index (χ1) is 9.86. The van der Waals surface area contributed by atoms with Crippen LogP contribution in [0.25, 0.3) is 0 Å². The molecule has 0 radical (unpaired) electrons. The van der Waals surface area contributed by atoms with E-state index < -0.39 is 11.7 Å². The van der Waals surface area contributed by atoms with Gasteiger partial charge in [-0.05, 0) is 42.8 Å². The highest BCUT2D eigenvalue weighted by atomic mass is 19.4. The quantitative estimate of drug-likeness (QED) is 0.620. The summed E-state index contributed by atoms with van der Waals surface area (Å²) >= 11 is 0. The van der Waals surface area contributed by atoms with E-state index in [0.717, 1.165) is 17.8 Å². The summed E-state index contributed by atoms with van der Waals surface area (Å²) in [6, 6.07) is 5.25. The van der Waals surface area contributed by atoms with E-state index in [9.17, 15) is 13.2 Å². The predicted molar refractivity (Wildman–Crippen MR) is 77.3 cm³/mol. The molecule has 0 saturated carbocycles. The minimum atomic E-state index is -4.32. The Labute approximate surface area is 122 Å². The average Bonchev–Trinajstić information content (AvgIpc) is 2.45. The Morgan fingerprint density at radius 3 is 2.62 bits per heavy atom. The van der Waals surface area contributed by atoms with E-state index in [-0.39, 0.29) is 0 Å². The summed E-state index contributed by atoms with van der Waals surface area (Å²) in [5.41, 5.74) is 0.734. The molecule has 2 nitrogen and oxygen atoms in total. The molecule has 0 fully saturated rings. The molecule has 1 rings (SSSR count). The van der Waals surface area contributed by atoms with E-state index in [4.69, 9.17) is 4.74 Å². The molecule has 1 aromatic rings. The van der Waals surface area contributed by atoms with Crippen LogP contribution in [-0.2, 0) is 17.5 Å². The van der Waals surface area contributed by atoms with Gasteiger partial charge in [0, 0.05) is 12.2 Å². The largest absolute Gasteiger partial charge is 0.497 e. The SMILES string of the molecule is C=C/C(=C\C=C(/C)NCc1cccc(C(F)(F)F)c1)OC. The molecule has 0 spiro atoms. The van der Waals surface area contributed by atoms with Crippen LogP contribution >= 0.6 is 0 Å². The van der Waals surface area contributed by atoms with E-state index >= 15 is 0 Å². The third-order valence-electron chi connectivity index (χ3n) is 2.76.